The van der Waals surface area contributed by atoms with E-state index in [2.05, 4.69) is 10.1 Å². The van der Waals surface area contributed by atoms with E-state index in [-0.39, 0.29) is 24.1 Å². The molecule has 8 nitrogen and oxygen atoms in total. The van der Waals surface area contributed by atoms with Crippen LogP contribution in [0.4, 0.5) is 13.2 Å². The monoisotopic (exact) mass is 428 g/mol. The Kier molecular flexibility index (Phi) is 7.09. The van der Waals surface area contributed by atoms with Crippen molar-refractivity contribution in [1.82, 2.24) is 9.88 Å². The first-order chi connectivity index (χ1) is 14.1. The smallest absolute Gasteiger partial charge is 0.431 e. The molecule has 2 N–H and O–H groups in total. The van der Waals surface area contributed by atoms with Crippen LogP contribution in [0.5, 0.6) is 11.5 Å². The third kappa shape index (κ3) is 5.31. The molecule has 1 heterocycles. The topological polar surface area (TPSA) is 107 Å². The molecule has 2 rings (SSSR count). The van der Waals surface area contributed by atoms with Crippen molar-refractivity contribution in [2.75, 3.05) is 20.3 Å². The first-order valence-electron chi connectivity index (χ1n) is 8.65. The average molecular weight is 428 g/mol. The minimum Gasteiger partial charge on any atom is -0.502 e. The third-order valence-electron chi connectivity index (χ3n) is 4.07. The first kappa shape index (κ1) is 22.8. The highest BCUT2D eigenvalue weighted by molar-refractivity contribution is 5.96. The van der Waals surface area contributed by atoms with Crippen LogP contribution >= 0.6 is 0 Å². The number of methoxy groups -OCH3 is 1. The predicted octanol–water partition coefficient (Wildman–Crippen LogP) is 2.10. The molecule has 0 aliphatic carbocycles. The van der Waals surface area contributed by atoms with Gasteiger partial charge in [-0.2, -0.15) is 13.2 Å². The number of ether oxygens (including phenoxy) is 2. The van der Waals surface area contributed by atoms with Crippen molar-refractivity contribution in [2.24, 2.45) is 7.05 Å². The Morgan fingerprint density at radius 2 is 1.93 bits per heavy atom. The minimum atomic E-state index is -4.87. The van der Waals surface area contributed by atoms with Gasteiger partial charge in [-0.1, -0.05) is 6.07 Å². The molecule has 30 heavy (non-hydrogen) atoms. The maximum atomic E-state index is 13.0. The number of hydrogen-bond acceptors (Lipinski definition) is 6. The summed E-state index contributed by atoms with van der Waals surface area (Å²) in [6.07, 6.45) is -4.60. The number of amides is 1. The van der Waals surface area contributed by atoms with E-state index in [0.29, 0.717) is 17.4 Å². The highest BCUT2D eigenvalue weighted by atomic mass is 19.4. The number of pyridine rings is 1. The number of carbonyl (C=O) groups is 2. The van der Waals surface area contributed by atoms with Gasteiger partial charge in [0.05, 0.1) is 24.8 Å². The highest BCUT2D eigenvalue weighted by Crippen LogP contribution is 2.30. The zero-order valence-electron chi connectivity index (χ0n) is 16.1. The van der Waals surface area contributed by atoms with Gasteiger partial charge in [-0.15, -0.1) is 0 Å². The molecule has 0 saturated carbocycles. The molecule has 1 aromatic heterocycles. The number of carbonyl (C=O) groups excluding carboxylic acids is 2. The van der Waals surface area contributed by atoms with Gasteiger partial charge in [0.1, 0.15) is 11.4 Å². The SMILES string of the molecule is COC(=O)c1cccc(OCCCNC(=O)c2cc(C(F)(F)F)n(C)c(=O)c2O)c1. The number of nitrogens with zero attached hydrogens (tertiary/aromatic N) is 1. The van der Waals surface area contributed by atoms with Gasteiger partial charge in [-0.05, 0) is 30.7 Å². The number of alkyl halides is 3. The summed E-state index contributed by atoms with van der Waals surface area (Å²) in [6, 6.07) is 6.65. The summed E-state index contributed by atoms with van der Waals surface area (Å²) < 4.78 is 49.3. The molecule has 0 spiro atoms. The van der Waals surface area contributed by atoms with Crippen molar-refractivity contribution in [3.8, 4) is 11.5 Å². The van der Waals surface area contributed by atoms with Crippen LogP contribution in [-0.2, 0) is 18.0 Å². The third-order valence-corrected chi connectivity index (χ3v) is 4.07. The van der Waals surface area contributed by atoms with Crippen molar-refractivity contribution >= 4 is 11.9 Å². The number of nitrogens with one attached hydrogen (secondary N) is 1. The molecule has 11 heteroatoms. The van der Waals surface area contributed by atoms with Crippen molar-refractivity contribution in [3.05, 3.63) is 57.5 Å². The number of halogens is 3. The molecule has 0 atom stereocenters. The second-order valence-electron chi connectivity index (χ2n) is 6.13. The molecule has 0 bridgehead atoms. The molecule has 0 aliphatic rings. The molecule has 0 saturated heterocycles. The van der Waals surface area contributed by atoms with E-state index in [1.54, 1.807) is 18.2 Å². The number of aromatic nitrogens is 1. The van der Waals surface area contributed by atoms with E-state index >= 15 is 0 Å². The van der Waals surface area contributed by atoms with E-state index in [1.165, 1.54) is 13.2 Å². The zero-order valence-corrected chi connectivity index (χ0v) is 16.1. The summed E-state index contributed by atoms with van der Waals surface area (Å²) in [6.45, 7) is 0.132. The summed E-state index contributed by atoms with van der Waals surface area (Å²) >= 11 is 0. The molecule has 1 amide bonds. The maximum Gasteiger partial charge on any atom is 0.431 e. The first-order valence-corrected chi connectivity index (χ1v) is 8.65. The molecule has 0 unspecified atom stereocenters. The maximum absolute atomic E-state index is 13.0. The summed E-state index contributed by atoms with van der Waals surface area (Å²) in [5, 5.41) is 12.1. The van der Waals surface area contributed by atoms with Crippen molar-refractivity contribution in [3.63, 3.8) is 0 Å². The Hall–Kier alpha value is -3.50. The number of rotatable bonds is 7. The lowest BCUT2D eigenvalue weighted by Gasteiger charge is -2.14. The summed E-state index contributed by atoms with van der Waals surface area (Å²) in [5.41, 5.74) is -3.16. The fourth-order valence-corrected chi connectivity index (χ4v) is 2.52. The second kappa shape index (κ2) is 9.33. The van der Waals surface area contributed by atoms with Crippen LogP contribution in [0.15, 0.2) is 35.1 Å². The predicted molar refractivity (Wildman–Crippen MR) is 98.6 cm³/mol. The van der Waals surface area contributed by atoms with Gasteiger partial charge >= 0.3 is 12.1 Å². The van der Waals surface area contributed by atoms with E-state index in [4.69, 9.17) is 4.74 Å². The van der Waals surface area contributed by atoms with Crippen molar-refractivity contribution < 1.29 is 37.3 Å². The number of hydrogen-bond donors (Lipinski definition) is 2. The van der Waals surface area contributed by atoms with E-state index in [0.717, 1.165) is 7.05 Å². The van der Waals surface area contributed by atoms with Gasteiger partial charge in [-0.3, -0.25) is 9.59 Å². The molecular formula is C19H19F3N2O6. The normalized spacial score (nSPS) is 11.1. The van der Waals surface area contributed by atoms with Crippen LogP contribution in [0.1, 0.15) is 32.8 Å². The van der Waals surface area contributed by atoms with Gasteiger partial charge in [0.2, 0.25) is 0 Å². The second-order valence-corrected chi connectivity index (χ2v) is 6.13. The summed E-state index contributed by atoms with van der Waals surface area (Å²) in [4.78, 5) is 35.4. The largest absolute Gasteiger partial charge is 0.502 e. The van der Waals surface area contributed by atoms with Gasteiger partial charge in [0, 0.05) is 13.6 Å². The fraction of sp³-hybridized carbons (Fsp3) is 0.316. The van der Waals surface area contributed by atoms with Gasteiger partial charge in [0.15, 0.2) is 5.75 Å². The Morgan fingerprint density at radius 3 is 2.57 bits per heavy atom. The van der Waals surface area contributed by atoms with Crippen LogP contribution in [0.2, 0.25) is 0 Å². The van der Waals surface area contributed by atoms with Gasteiger partial charge in [-0.25, -0.2) is 4.79 Å². The van der Waals surface area contributed by atoms with E-state index in [1.807, 2.05) is 0 Å². The highest BCUT2D eigenvalue weighted by Gasteiger charge is 2.36. The van der Waals surface area contributed by atoms with E-state index in [9.17, 15) is 32.7 Å². The summed E-state index contributed by atoms with van der Waals surface area (Å²) in [7, 11) is 2.09. The lowest BCUT2D eigenvalue weighted by molar-refractivity contribution is -0.143. The zero-order chi connectivity index (χ0) is 22.5. The van der Waals surface area contributed by atoms with Gasteiger partial charge in [0.25, 0.3) is 11.5 Å². The molecule has 2 aromatic rings. The molecule has 1 aromatic carbocycles. The minimum absolute atomic E-state index is 0.00548. The summed E-state index contributed by atoms with van der Waals surface area (Å²) in [5.74, 6) is -2.23. The van der Waals surface area contributed by atoms with Crippen LogP contribution < -0.4 is 15.6 Å². The van der Waals surface area contributed by atoms with Crippen molar-refractivity contribution in [1.29, 1.82) is 0 Å². The fourth-order valence-electron chi connectivity index (χ4n) is 2.52. The van der Waals surface area contributed by atoms with E-state index < -0.39 is 40.6 Å². The standard InChI is InChI=1S/C19H19F3N2O6/c1-24-14(19(20,21)22)10-13(15(25)17(24)27)16(26)23-7-4-8-30-12-6-3-5-11(9-12)18(28)29-2/h3,5-6,9-10,25H,4,7-8H2,1-2H3,(H,23,26). The number of benzene rings is 1. The average Bonchev–Trinajstić information content (AvgIpc) is 2.70. The number of esters is 1. The lowest BCUT2D eigenvalue weighted by atomic mass is 10.1. The number of aromatic hydroxyl groups is 1. The molecule has 0 aliphatic heterocycles. The van der Waals surface area contributed by atoms with Crippen LogP contribution in [0.3, 0.4) is 0 Å². The Balaban J connectivity index is 1.95. The Labute approximate surface area is 168 Å². The molecule has 162 valence electrons. The molecule has 0 radical (unpaired) electrons. The lowest BCUT2D eigenvalue weighted by Crippen LogP contribution is -2.31. The Bertz CT molecular complexity index is 1000. The molecule has 0 fully saturated rings. The van der Waals surface area contributed by atoms with Crippen LogP contribution in [0.25, 0.3) is 0 Å². The van der Waals surface area contributed by atoms with Gasteiger partial charge < -0.3 is 24.5 Å². The van der Waals surface area contributed by atoms with Crippen LogP contribution in [-0.4, -0.2) is 41.8 Å². The van der Waals surface area contributed by atoms with Crippen LogP contribution in [0, 0.1) is 0 Å². The van der Waals surface area contributed by atoms with Crippen molar-refractivity contribution in [2.45, 2.75) is 12.6 Å². The quantitative estimate of drug-likeness (QED) is 0.517. The molecular weight excluding hydrogens is 409 g/mol. The Morgan fingerprint density at radius 1 is 1.23 bits per heavy atom.